The lowest BCUT2D eigenvalue weighted by atomic mass is 10.1. The van der Waals surface area contributed by atoms with Crippen LogP contribution >= 0.6 is 0 Å². The van der Waals surface area contributed by atoms with Crippen LogP contribution in [0.5, 0.6) is 0 Å². The largest absolute Gasteiger partial charge is 0.472 e. The van der Waals surface area contributed by atoms with E-state index in [4.69, 9.17) is 13.9 Å². The Morgan fingerprint density at radius 3 is 3.08 bits per heavy atom. The smallest absolute Gasteiger partial charge is 0.0947 e. The Hall–Kier alpha value is -1.69. The second-order valence-corrected chi connectivity index (χ2v) is 7.20. The normalized spacial score (nSPS) is 26.7. The van der Waals surface area contributed by atoms with Gasteiger partial charge in [-0.05, 0) is 43.9 Å². The van der Waals surface area contributed by atoms with Crippen molar-refractivity contribution in [1.82, 2.24) is 9.88 Å². The predicted molar refractivity (Wildman–Crippen MR) is 94.0 cm³/mol. The molecule has 3 heterocycles. The fourth-order valence-corrected chi connectivity index (χ4v) is 4.09. The molecule has 2 aromatic heterocycles. The van der Waals surface area contributed by atoms with Crippen LogP contribution in [0.3, 0.4) is 0 Å². The minimum atomic E-state index is 0.339. The van der Waals surface area contributed by atoms with Crippen molar-refractivity contribution in [2.75, 3.05) is 19.8 Å². The van der Waals surface area contributed by atoms with Gasteiger partial charge in [0.15, 0.2) is 0 Å². The Balaban J connectivity index is 1.29. The van der Waals surface area contributed by atoms with Crippen LogP contribution in [-0.2, 0) is 22.6 Å². The van der Waals surface area contributed by atoms with E-state index >= 15 is 0 Å². The third kappa shape index (κ3) is 4.11. The molecule has 2 fully saturated rings. The van der Waals surface area contributed by atoms with Gasteiger partial charge in [-0.3, -0.25) is 9.88 Å². The molecule has 1 saturated heterocycles. The summed E-state index contributed by atoms with van der Waals surface area (Å²) in [7, 11) is 0. The van der Waals surface area contributed by atoms with Crippen LogP contribution in [-0.4, -0.2) is 41.8 Å². The minimum absolute atomic E-state index is 0.339. The molecule has 0 amide bonds. The van der Waals surface area contributed by atoms with Crippen molar-refractivity contribution in [2.45, 2.75) is 45.1 Å². The van der Waals surface area contributed by atoms with Crippen molar-refractivity contribution in [1.29, 1.82) is 0 Å². The maximum absolute atomic E-state index is 6.03. The molecule has 0 bridgehead atoms. The Labute approximate surface area is 148 Å². The highest BCUT2D eigenvalue weighted by Crippen LogP contribution is 2.35. The van der Waals surface area contributed by atoms with Crippen LogP contribution in [0.15, 0.2) is 41.2 Å². The SMILES string of the molecule is Cc1cccc(COC[C@@H]2C[C@@H]3OCCN(Cc4ccoc4)[C@@H]3C2)n1. The van der Waals surface area contributed by atoms with Crippen molar-refractivity contribution in [2.24, 2.45) is 5.92 Å². The third-order valence-corrected chi connectivity index (χ3v) is 5.26. The average molecular weight is 342 g/mol. The maximum Gasteiger partial charge on any atom is 0.0947 e. The summed E-state index contributed by atoms with van der Waals surface area (Å²) in [6.45, 7) is 6.14. The van der Waals surface area contributed by atoms with E-state index in [-0.39, 0.29) is 0 Å². The molecule has 2 aromatic rings. The summed E-state index contributed by atoms with van der Waals surface area (Å²) in [5.74, 6) is 0.560. The highest BCUT2D eigenvalue weighted by atomic mass is 16.5. The summed E-state index contributed by atoms with van der Waals surface area (Å²) < 4.78 is 17.2. The third-order valence-electron chi connectivity index (χ3n) is 5.26. The molecule has 3 atom stereocenters. The van der Waals surface area contributed by atoms with Gasteiger partial charge in [0.05, 0.1) is 44.1 Å². The van der Waals surface area contributed by atoms with Crippen LogP contribution in [0.2, 0.25) is 0 Å². The van der Waals surface area contributed by atoms with Gasteiger partial charge in [-0.15, -0.1) is 0 Å². The quantitative estimate of drug-likeness (QED) is 0.807. The fraction of sp³-hybridized carbons (Fsp3) is 0.550. The van der Waals surface area contributed by atoms with Crippen molar-refractivity contribution in [3.05, 3.63) is 53.7 Å². The number of pyridine rings is 1. The number of hydrogen-bond donors (Lipinski definition) is 0. The van der Waals surface area contributed by atoms with Crippen LogP contribution in [0.4, 0.5) is 0 Å². The Bertz CT molecular complexity index is 673. The minimum Gasteiger partial charge on any atom is -0.472 e. The monoisotopic (exact) mass is 342 g/mol. The molecule has 5 heteroatoms. The number of nitrogens with zero attached hydrogens (tertiary/aromatic N) is 2. The summed E-state index contributed by atoms with van der Waals surface area (Å²) >= 11 is 0. The molecule has 0 N–H and O–H groups in total. The van der Waals surface area contributed by atoms with Crippen molar-refractivity contribution in [3.8, 4) is 0 Å². The number of furan rings is 1. The molecule has 1 aliphatic heterocycles. The Morgan fingerprint density at radius 2 is 2.24 bits per heavy atom. The van der Waals surface area contributed by atoms with Crippen molar-refractivity contribution in [3.63, 3.8) is 0 Å². The Kier molecular flexibility index (Phi) is 5.15. The van der Waals surface area contributed by atoms with Gasteiger partial charge in [-0.2, -0.15) is 0 Å². The standard InChI is InChI=1S/C20H26N2O3/c1-15-3-2-4-18(21-15)14-24-13-17-9-19-20(10-17)25-8-6-22(19)11-16-5-7-23-12-16/h2-5,7,12,17,19-20H,6,8-11,13-14H2,1H3/t17-,19+,20-/m0/s1. The number of ether oxygens (including phenoxy) is 2. The molecule has 0 spiro atoms. The second kappa shape index (κ2) is 7.68. The number of aryl methyl sites for hydroxylation is 1. The maximum atomic E-state index is 6.03. The predicted octanol–water partition coefficient (Wildman–Crippen LogP) is 3.18. The van der Waals surface area contributed by atoms with Gasteiger partial charge in [0.1, 0.15) is 0 Å². The molecule has 5 nitrogen and oxygen atoms in total. The van der Waals surface area contributed by atoms with Gasteiger partial charge in [-0.25, -0.2) is 0 Å². The highest BCUT2D eigenvalue weighted by Gasteiger charge is 2.40. The van der Waals surface area contributed by atoms with Gasteiger partial charge in [0.2, 0.25) is 0 Å². The van der Waals surface area contributed by atoms with Gasteiger partial charge in [-0.1, -0.05) is 6.07 Å². The summed E-state index contributed by atoms with van der Waals surface area (Å²) in [6, 6.07) is 8.62. The molecule has 0 radical (unpaired) electrons. The molecule has 0 unspecified atom stereocenters. The molecule has 4 rings (SSSR count). The zero-order valence-corrected chi connectivity index (χ0v) is 14.8. The first-order valence-corrected chi connectivity index (χ1v) is 9.15. The molecular weight excluding hydrogens is 316 g/mol. The van der Waals surface area contributed by atoms with Crippen LogP contribution in [0.1, 0.15) is 29.8 Å². The highest BCUT2D eigenvalue weighted by molar-refractivity contribution is 5.09. The lowest BCUT2D eigenvalue weighted by molar-refractivity contribution is -0.0591. The van der Waals surface area contributed by atoms with Crippen molar-refractivity contribution >= 4 is 0 Å². The van der Waals surface area contributed by atoms with Gasteiger partial charge < -0.3 is 13.9 Å². The average Bonchev–Trinajstić information content (AvgIpc) is 3.25. The molecule has 134 valence electrons. The fourth-order valence-electron chi connectivity index (χ4n) is 4.09. The van der Waals surface area contributed by atoms with E-state index < -0.39 is 0 Å². The van der Waals surface area contributed by atoms with Gasteiger partial charge >= 0.3 is 0 Å². The van der Waals surface area contributed by atoms with Gasteiger partial charge in [0, 0.05) is 30.4 Å². The van der Waals surface area contributed by atoms with E-state index in [9.17, 15) is 0 Å². The van der Waals surface area contributed by atoms with Crippen LogP contribution in [0, 0.1) is 12.8 Å². The Morgan fingerprint density at radius 1 is 1.28 bits per heavy atom. The summed E-state index contributed by atoms with van der Waals surface area (Å²) in [5, 5.41) is 0. The number of aromatic nitrogens is 1. The van der Waals surface area contributed by atoms with Crippen LogP contribution < -0.4 is 0 Å². The molecule has 2 aliphatic rings. The molecule has 1 saturated carbocycles. The number of fused-ring (bicyclic) bond motifs is 1. The molecule has 25 heavy (non-hydrogen) atoms. The first-order valence-electron chi connectivity index (χ1n) is 9.15. The summed E-state index contributed by atoms with van der Waals surface area (Å²) in [4.78, 5) is 7.04. The first-order chi connectivity index (χ1) is 12.3. The lowest BCUT2D eigenvalue weighted by Gasteiger charge is -2.37. The van der Waals surface area contributed by atoms with E-state index in [1.807, 2.05) is 31.4 Å². The summed E-state index contributed by atoms with van der Waals surface area (Å²) in [6.07, 6.45) is 6.16. The lowest BCUT2D eigenvalue weighted by Crippen LogP contribution is -2.47. The van der Waals surface area contributed by atoms with E-state index in [2.05, 4.69) is 16.0 Å². The van der Waals surface area contributed by atoms with E-state index in [1.54, 1.807) is 6.26 Å². The summed E-state index contributed by atoms with van der Waals surface area (Å²) in [5.41, 5.74) is 3.29. The van der Waals surface area contributed by atoms with E-state index in [1.165, 1.54) is 5.56 Å². The van der Waals surface area contributed by atoms with Crippen LogP contribution in [0.25, 0.3) is 0 Å². The van der Waals surface area contributed by atoms with Gasteiger partial charge in [0.25, 0.3) is 0 Å². The molecule has 1 aliphatic carbocycles. The number of rotatable bonds is 6. The number of morpholine rings is 1. The zero-order chi connectivity index (χ0) is 17.1. The first kappa shape index (κ1) is 16.8. The van der Waals surface area contributed by atoms with E-state index in [0.29, 0.717) is 24.7 Å². The zero-order valence-electron chi connectivity index (χ0n) is 14.8. The second-order valence-electron chi connectivity index (χ2n) is 7.20. The topological polar surface area (TPSA) is 47.7 Å². The molecule has 0 aromatic carbocycles. The van der Waals surface area contributed by atoms with E-state index in [0.717, 1.165) is 50.5 Å². The van der Waals surface area contributed by atoms with Crippen molar-refractivity contribution < 1.29 is 13.9 Å². The number of hydrogen-bond acceptors (Lipinski definition) is 5. The molecular formula is C20H26N2O3.